The van der Waals surface area contributed by atoms with Crippen LogP contribution in [0.5, 0.6) is 5.75 Å². The molecule has 1 saturated heterocycles. The van der Waals surface area contributed by atoms with Crippen molar-refractivity contribution in [2.45, 2.75) is 18.9 Å². The van der Waals surface area contributed by atoms with Gasteiger partial charge in [0.15, 0.2) is 0 Å². The zero-order valence-corrected chi connectivity index (χ0v) is 15.9. The van der Waals surface area contributed by atoms with Gasteiger partial charge in [-0.3, -0.25) is 14.7 Å². The first kappa shape index (κ1) is 18.4. The number of pyridine rings is 1. The van der Waals surface area contributed by atoms with E-state index >= 15 is 0 Å². The van der Waals surface area contributed by atoms with Gasteiger partial charge in [-0.15, -0.1) is 0 Å². The summed E-state index contributed by atoms with van der Waals surface area (Å²) >= 11 is 0. The number of carboxylic acid groups (broad SMARTS) is 1. The molecule has 4 rings (SSSR count). The second-order valence-corrected chi connectivity index (χ2v) is 7.31. The highest BCUT2D eigenvalue weighted by atomic mass is 16.5. The zero-order valence-electron chi connectivity index (χ0n) is 15.9. The van der Waals surface area contributed by atoms with Gasteiger partial charge in [0.1, 0.15) is 5.75 Å². The molecule has 2 heterocycles. The molecule has 1 N–H and O–H groups in total. The third kappa shape index (κ3) is 3.71. The molecule has 0 bridgehead atoms. The van der Waals surface area contributed by atoms with Crippen molar-refractivity contribution >= 4 is 16.9 Å². The van der Waals surface area contributed by atoms with E-state index < -0.39 is 5.97 Å². The molecule has 5 nitrogen and oxygen atoms in total. The van der Waals surface area contributed by atoms with Gasteiger partial charge in [-0.25, -0.2) is 0 Å². The summed E-state index contributed by atoms with van der Waals surface area (Å²) in [5.41, 5.74) is 3.15. The Bertz CT molecular complexity index is 971. The second-order valence-electron chi connectivity index (χ2n) is 7.31. The lowest BCUT2D eigenvalue weighted by molar-refractivity contribution is -0.143. The number of carboxylic acids is 1. The third-order valence-corrected chi connectivity index (χ3v) is 5.53. The van der Waals surface area contributed by atoms with Crippen LogP contribution in [0.15, 0.2) is 60.8 Å². The summed E-state index contributed by atoms with van der Waals surface area (Å²) in [6.45, 7) is 1.41. The van der Waals surface area contributed by atoms with E-state index in [0.717, 1.165) is 47.2 Å². The fourth-order valence-electron chi connectivity index (χ4n) is 4.08. The van der Waals surface area contributed by atoms with Crippen LogP contribution in [0.4, 0.5) is 0 Å². The summed E-state index contributed by atoms with van der Waals surface area (Å²) < 4.78 is 5.30. The molecule has 0 aliphatic carbocycles. The fourth-order valence-corrected chi connectivity index (χ4v) is 4.08. The van der Waals surface area contributed by atoms with Gasteiger partial charge in [-0.2, -0.15) is 0 Å². The normalized spacial score (nSPS) is 18.7. The highest BCUT2D eigenvalue weighted by molar-refractivity contribution is 5.79. The standard InChI is InChI=1S/C23H24N2O3/c1-28-20-10-8-16(9-11-20)22(25-12-4-6-18(15-25)23(26)27)19-13-17-5-2-3-7-21(17)24-14-19/h2-3,5,7-11,13-14,18,22H,4,6,12,15H2,1H3,(H,26,27). The number of ether oxygens (including phenoxy) is 1. The van der Waals surface area contributed by atoms with Gasteiger partial charge in [0.25, 0.3) is 0 Å². The van der Waals surface area contributed by atoms with Crippen molar-refractivity contribution < 1.29 is 14.6 Å². The Morgan fingerprint density at radius 2 is 1.96 bits per heavy atom. The SMILES string of the molecule is COc1ccc(C(c2cnc3ccccc3c2)N2CCCC(C(=O)O)C2)cc1. The number of rotatable bonds is 5. The first-order valence-electron chi connectivity index (χ1n) is 9.61. The Hall–Kier alpha value is -2.92. The lowest BCUT2D eigenvalue weighted by Crippen LogP contribution is -2.41. The van der Waals surface area contributed by atoms with Gasteiger partial charge in [-0.05, 0) is 54.8 Å². The van der Waals surface area contributed by atoms with E-state index in [1.54, 1.807) is 7.11 Å². The predicted molar refractivity (Wildman–Crippen MR) is 109 cm³/mol. The molecule has 2 aromatic carbocycles. The van der Waals surface area contributed by atoms with Crippen LogP contribution < -0.4 is 4.74 Å². The van der Waals surface area contributed by atoms with Crippen molar-refractivity contribution in [2.75, 3.05) is 20.2 Å². The smallest absolute Gasteiger partial charge is 0.307 e. The largest absolute Gasteiger partial charge is 0.497 e. The molecule has 2 unspecified atom stereocenters. The molecule has 1 aliphatic heterocycles. The maximum absolute atomic E-state index is 11.6. The van der Waals surface area contributed by atoms with Crippen LogP contribution >= 0.6 is 0 Å². The number of aliphatic carboxylic acids is 1. The van der Waals surface area contributed by atoms with Crippen LogP contribution in [0, 0.1) is 5.92 Å². The molecule has 0 amide bonds. The Kier molecular flexibility index (Phi) is 5.26. The summed E-state index contributed by atoms with van der Waals surface area (Å²) in [6, 6.07) is 18.2. The molecule has 2 atom stereocenters. The van der Waals surface area contributed by atoms with Crippen molar-refractivity contribution in [1.29, 1.82) is 0 Å². The van der Waals surface area contributed by atoms with E-state index in [1.165, 1.54) is 0 Å². The van der Waals surface area contributed by atoms with Gasteiger partial charge in [0.05, 0.1) is 24.6 Å². The van der Waals surface area contributed by atoms with Gasteiger partial charge in [0.2, 0.25) is 0 Å². The minimum Gasteiger partial charge on any atom is -0.497 e. The number of fused-ring (bicyclic) bond motifs is 1. The molecule has 1 aromatic heterocycles. The van der Waals surface area contributed by atoms with Crippen LogP contribution in [0.2, 0.25) is 0 Å². The summed E-state index contributed by atoms with van der Waals surface area (Å²) in [7, 11) is 1.65. The van der Waals surface area contributed by atoms with Crippen LogP contribution in [0.3, 0.4) is 0 Å². The monoisotopic (exact) mass is 376 g/mol. The average molecular weight is 376 g/mol. The number of hydrogen-bond donors (Lipinski definition) is 1. The number of hydrogen-bond acceptors (Lipinski definition) is 4. The maximum atomic E-state index is 11.6. The number of piperidine rings is 1. The predicted octanol–water partition coefficient (Wildman–Crippen LogP) is 4.13. The first-order chi connectivity index (χ1) is 13.7. The van der Waals surface area contributed by atoms with E-state index in [2.05, 4.69) is 34.1 Å². The number of benzene rings is 2. The quantitative estimate of drug-likeness (QED) is 0.725. The van der Waals surface area contributed by atoms with Crippen LogP contribution in [-0.4, -0.2) is 41.2 Å². The summed E-state index contributed by atoms with van der Waals surface area (Å²) in [6.07, 6.45) is 3.53. The molecular weight excluding hydrogens is 352 g/mol. The van der Waals surface area contributed by atoms with Crippen molar-refractivity contribution in [3.8, 4) is 5.75 Å². The fraction of sp³-hybridized carbons (Fsp3) is 0.304. The number of aromatic nitrogens is 1. The van der Waals surface area contributed by atoms with Gasteiger partial charge < -0.3 is 9.84 Å². The molecule has 1 aliphatic rings. The summed E-state index contributed by atoms with van der Waals surface area (Å²) in [5, 5.41) is 10.6. The van der Waals surface area contributed by atoms with Gasteiger partial charge in [-0.1, -0.05) is 30.3 Å². The Morgan fingerprint density at radius 1 is 1.18 bits per heavy atom. The lowest BCUT2D eigenvalue weighted by Gasteiger charge is -2.37. The van der Waals surface area contributed by atoms with Crippen molar-refractivity contribution in [3.63, 3.8) is 0 Å². The molecule has 0 spiro atoms. The number of methoxy groups -OCH3 is 1. The van der Waals surface area contributed by atoms with Crippen LogP contribution in [-0.2, 0) is 4.79 Å². The first-order valence-corrected chi connectivity index (χ1v) is 9.61. The molecule has 1 fully saturated rings. The zero-order chi connectivity index (χ0) is 19.5. The van der Waals surface area contributed by atoms with Gasteiger partial charge >= 0.3 is 5.97 Å². The molecule has 3 aromatic rings. The molecule has 28 heavy (non-hydrogen) atoms. The van der Waals surface area contributed by atoms with E-state index in [0.29, 0.717) is 6.54 Å². The highest BCUT2D eigenvalue weighted by Gasteiger charge is 2.31. The van der Waals surface area contributed by atoms with Crippen molar-refractivity contribution in [3.05, 3.63) is 71.9 Å². The Balaban J connectivity index is 1.76. The van der Waals surface area contributed by atoms with E-state index in [9.17, 15) is 9.90 Å². The lowest BCUT2D eigenvalue weighted by atomic mass is 9.91. The number of nitrogens with zero attached hydrogens (tertiary/aromatic N) is 2. The van der Waals surface area contributed by atoms with Crippen molar-refractivity contribution in [2.24, 2.45) is 5.92 Å². The second kappa shape index (κ2) is 7.98. The van der Waals surface area contributed by atoms with E-state index in [1.807, 2.05) is 36.5 Å². The molecule has 0 saturated carbocycles. The van der Waals surface area contributed by atoms with Crippen molar-refractivity contribution in [1.82, 2.24) is 9.88 Å². The van der Waals surface area contributed by atoms with E-state index in [-0.39, 0.29) is 12.0 Å². The minimum absolute atomic E-state index is 0.0369. The molecule has 5 heteroatoms. The maximum Gasteiger partial charge on any atom is 0.307 e. The highest BCUT2D eigenvalue weighted by Crippen LogP contribution is 2.34. The average Bonchev–Trinajstić information content (AvgIpc) is 2.74. The molecule has 144 valence electrons. The minimum atomic E-state index is -0.713. The molecule has 0 radical (unpaired) electrons. The van der Waals surface area contributed by atoms with Crippen LogP contribution in [0.25, 0.3) is 10.9 Å². The van der Waals surface area contributed by atoms with E-state index in [4.69, 9.17) is 4.74 Å². The topological polar surface area (TPSA) is 62.7 Å². The Morgan fingerprint density at radius 3 is 2.71 bits per heavy atom. The summed E-state index contributed by atoms with van der Waals surface area (Å²) in [5.74, 6) is -0.237. The number of likely N-dealkylation sites (tertiary alicyclic amines) is 1. The van der Waals surface area contributed by atoms with Gasteiger partial charge in [0, 0.05) is 18.1 Å². The van der Waals surface area contributed by atoms with Crippen LogP contribution in [0.1, 0.15) is 30.0 Å². The Labute approximate surface area is 164 Å². The third-order valence-electron chi connectivity index (χ3n) is 5.53. The number of para-hydroxylation sites is 1. The summed E-state index contributed by atoms with van der Waals surface area (Å²) in [4.78, 5) is 18.5. The number of carbonyl (C=O) groups is 1. The molecular formula is C23H24N2O3.